The van der Waals surface area contributed by atoms with Crippen LogP contribution < -0.4 is 0 Å². The third-order valence-corrected chi connectivity index (χ3v) is 5.60. The summed E-state index contributed by atoms with van der Waals surface area (Å²) in [6.07, 6.45) is -0.686. The Kier molecular flexibility index (Phi) is 4.18. The summed E-state index contributed by atoms with van der Waals surface area (Å²) in [6.45, 7) is 8.22. The molecule has 3 aliphatic heterocycles. The fourth-order valence-electron chi connectivity index (χ4n) is 3.47. The highest BCUT2D eigenvalue weighted by molar-refractivity contribution is 7.99. The SMILES string of the molecule is CC1(C)O[C@@H]2[C@H](O1)[C@@H](Sc1ccccc1)O[C@@H]1COC(C)(C)O[C@@H]21. The van der Waals surface area contributed by atoms with E-state index in [0.717, 1.165) is 4.90 Å². The zero-order valence-electron chi connectivity index (χ0n) is 14.4. The molecule has 0 aromatic heterocycles. The van der Waals surface area contributed by atoms with Crippen LogP contribution in [0.2, 0.25) is 0 Å². The average molecular weight is 352 g/mol. The van der Waals surface area contributed by atoms with Crippen LogP contribution in [0.15, 0.2) is 35.2 Å². The zero-order valence-corrected chi connectivity index (χ0v) is 15.2. The van der Waals surface area contributed by atoms with Gasteiger partial charge in [-0.1, -0.05) is 30.0 Å². The second-order valence-corrected chi connectivity index (χ2v) is 8.50. The molecular formula is C18H24O5S. The molecule has 0 radical (unpaired) electrons. The highest BCUT2D eigenvalue weighted by Gasteiger charge is 2.58. The monoisotopic (exact) mass is 352 g/mol. The molecule has 0 unspecified atom stereocenters. The van der Waals surface area contributed by atoms with Crippen LogP contribution in [0.3, 0.4) is 0 Å². The summed E-state index contributed by atoms with van der Waals surface area (Å²) in [5.74, 6) is -1.28. The van der Waals surface area contributed by atoms with Crippen molar-refractivity contribution in [1.29, 1.82) is 0 Å². The molecule has 0 aliphatic carbocycles. The highest BCUT2D eigenvalue weighted by Crippen LogP contribution is 2.45. The average Bonchev–Trinajstić information content (AvgIpc) is 2.85. The van der Waals surface area contributed by atoms with Gasteiger partial charge in [-0.15, -0.1) is 0 Å². The molecule has 5 atom stereocenters. The van der Waals surface area contributed by atoms with Crippen molar-refractivity contribution in [1.82, 2.24) is 0 Å². The van der Waals surface area contributed by atoms with Gasteiger partial charge in [0.05, 0.1) is 6.61 Å². The first-order valence-corrected chi connectivity index (χ1v) is 9.26. The van der Waals surface area contributed by atoms with Crippen molar-refractivity contribution in [2.45, 2.75) is 74.0 Å². The van der Waals surface area contributed by atoms with Crippen LogP contribution in [0.25, 0.3) is 0 Å². The standard InChI is InChI=1S/C18H24O5S/c1-17(2)19-10-12-13(21-17)14-15(23-18(3,4)22-14)16(20-12)24-11-8-6-5-7-9-11/h5-9,12-16H,10H2,1-4H3/t12-,13-,14+,15+,16-/m1/s1. The lowest BCUT2D eigenvalue weighted by atomic mass is 9.98. The van der Waals surface area contributed by atoms with Gasteiger partial charge in [-0.05, 0) is 39.8 Å². The molecule has 1 aromatic carbocycles. The first kappa shape index (κ1) is 16.8. The Labute approximate surface area is 146 Å². The lowest BCUT2D eigenvalue weighted by molar-refractivity contribution is -0.342. The minimum Gasteiger partial charge on any atom is -0.356 e. The molecule has 3 fully saturated rings. The predicted octanol–water partition coefficient (Wildman–Crippen LogP) is 3.18. The Hall–Kier alpha value is -0.630. The molecule has 5 nitrogen and oxygen atoms in total. The lowest BCUT2D eigenvalue weighted by Gasteiger charge is -2.48. The summed E-state index contributed by atoms with van der Waals surface area (Å²) >= 11 is 1.66. The molecule has 132 valence electrons. The largest absolute Gasteiger partial charge is 0.356 e. The molecule has 4 rings (SSSR count). The topological polar surface area (TPSA) is 46.2 Å². The van der Waals surface area contributed by atoms with Gasteiger partial charge in [0.25, 0.3) is 0 Å². The molecule has 0 spiro atoms. The number of ether oxygens (including phenoxy) is 5. The minimum atomic E-state index is -0.644. The Morgan fingerprint density at radius 1 is 0.875 bits per heavy atom. The summed E-state index contributed by atoms with van der Waals surface area (Å²) in [5.41, 5.74) is -0.158. The Morgan fingerprint density at radius 2 is 1.54 bits per heavy atom. The van der Waals surface area contributed by atoms with Gasteiger partial charge in [0, 0.05) is 4.90 Å². The molecule has 0 amide bonds. The van der Waals surface area contributed by atoms with Gasteiger partial charge in [0.1, 0.15) is 29.9 Å². The summed E-state index contributed by atoms with van der Waals surface area (Å²) < 4.78 is 30.6. The molecule has 3 heterocycles. The molecule has 3 saturated heterocycles. The van der Waals surface area contributed by atoms with E-state index in [1.165, 1.54) is 0 Å². The van der Waals surface area contributed by atoms with Crippen molar-refractivity contribution < 1.29 is 23.7 Å². The van der Waals surface area contributed by atoms with Gasteiger partial charge in [-0.2, -0.15) is 0 Å². The van der Waals surface area contributed by atoms with Gasteiger partial charge in [-0.25, -0.2) is 0 Å². The number of benzene rings is 1. The van der Waals surface area contributed by atoms with Crippen molar-refractivity contribution in [3.63, 3.8) is 0 Å². The lowest BCUT2D eigenvalue weighted by Crippen LogP contribution is -2.62. The number of hydrogen-bond acceptors (Lipinski definition) is 6. The number of hydrogen-bond donors (Lipinski definition) is 0. The van der Waals surface area contributed by atoms with E-state index in [0.29, 0.717) is 6.61 Å². The van der Waals surface area contributed by atoms with Crippen LogP contribution in [0.5, 0.6) is 0 Å². The summed E-state index contributed by atoms with van der Waals surface area (Å²) in [6, 6.07) is 10.2. The molecule has 1 aromatic rings. The van der Waals surface area contributed by atoms with Crippen molar-refractivity contribution in [2.75, 3.05) is 6.61 Å². The van der Waals surface area contributed by atoms with Crippen LogP contribution in [-0.2, 0) is 23.7 Å². The van der Waals surface area contributed by atoms with Gasteiger partial charge in [0.2, 0.25) is 0 Å². The Balaban J connectivity index is 1.59. The zero-order chi connectivity index (χ0) is 16.9. The van der Waals surface area contributed by atoms with Crippen molar-refractivity contribution in [3.8, 4) is 0 Å². The first-order chi connectivity index (χ1) is 11.3. The van der Waals surface area contributed by atoms with Crippen LogP contribution >= 0.6 is 11.8 Å². The molecule has 0 saturated carbocycles. The normalized spacial score (nSPS) is 39.9. The van der Waals surface area contributed by atoms with Gasteiger partial charge < -0.3 is 23.7 Å². The fraction of sp³-hybridized carbons (Fsp3) is 0.667. The van der Waals surface area contributed by atoms with Crippen LogP contribution in [-0.4, -0.2) is 48.0 Å². The maximum absolute atomic E-state index is 6.30. The van der Waals surface area contributed by atoms with Crippen LogP contribution in [0.1, 0.15) is 27.7 Å². The van der Waals surface area contributed by atoms with E-state index in [4.69, 9.17) is 23.7 Å². The van der Waals surface area contributed by atoms with Crippen molar-refractivity contribution in [3.05, 3.63) is 30.3 Å². The smallest absolute Gasteiger partial charge is 0.164 e. The molecule has 24 heavy (non-hydrogen) atoms. The van der Waals surface area contributed by atoms with Crippen molar-refractivity contribution in [2.24, 2.45) is 0 Å². The van der Waals surface area contributed by atoms with Crippen molar-refractivity contribution >= 4 is 11.8 Å². The quantitative estimate of drug-likeness (QED) is 0.815. The summed E-state index contributed by atoms with van der Waals surface area (Å²) in [4.78, 5) is 1.14. The Morgan fingerprint density at radius 3 is 2.29 bits per heavy atom. The third kappa shape index (κ3) is 3.23. The number of thioether (sulfide) groups is 1. The van der Waals surface area contributed by atoms with E-state index < -0.39 is 11.6 Å². The van der Waals surface area contributed by atoms with E-state index in [1.807, 2.05) is 45.9 Å². The predicted molar refractivity (Wildman–Crippen MR) is 89.7 cm³/mol. The van der Waals surface area contributed by atoms with Gasteiger partial charge >= 0.3 is 0 Å². The van der Waals surface area contributed by atoms with E-state index in [1.54, 1.807) is 11.8 Å². The maximum atomic E-state index is 6.30. The second kappa shape index (κ2) is 5.97. The maximum Gasteiger partial charge on any atom is 0.164 e. The molecule has 6 heteroatoms. The van der Waals surface area contributed by atoms with E-state index in [-0.39, 0.29) is 29.9 Å². The number of fused-ring (bicyclic) bond motifs is 3. The molecule has 3 aliphatic rings. The highest BCUT2D eigenvalue weighted by atomic mass is 32.2. The van der Waals surface area contributed by atoms with Gasteiger partial charge in [0.15, 0.2) is 11.6 Å². The van der Waals surface area contributed by atoms with Crippen LogP contribution in [0, 0.1) is 0 Å². The fourth-order valence-corrected chi connectivity index (χ4v) is 4.60. The molecule has 0 bridgehead atoms. The molecule has 0 N–H and O–H groups in total. The third-order valence-electron chi connectivity index (χ3n) is 4.44. The van der Waals surface area contributed by atoms with Crippen LogP contribution in [0.4, 0.5) is 0 Å². The Bertz CT molecular complexity index is 590. The number of rotatable bonds is 2. The minimum absolute atomic E-state index is 0.155. The second-order valence-electron chi connectivity index (χ2n) is 7.33. The van der Waals surface area contributed by atoms with E-state index >= 15 is 0 Å². The van der Waals surface area contributed by atoms with Gasteiger partial charge in [-0.3, -0.25) is 0 Å². The van der Waals surface area contributed by atoms with E-state index in [2.05, 4.69) is 12.1 Å². The van der Waals surface area contributed by atoms with E-state index in [9.17, 15) is 0 Å². The summed E-state index contributed by atoms with van der Waals surface area (Å²) in [7, 11) is 0. The molecular weight excluding hydrogens is 328 g/mol. The summed E-state index contributed by atoms with van der Waals surface area (Å²) in [5, 5.41) is 0. The first-order valence-electron chi connectivity index (χ1n) is 8.38.